The average molecular weight is 263 g/mol. The second kappa shape index (κ2) is 5.31. The number of carboxylic acids is 1. The van der Waals surface area contributed by atoms with Crippen LogP contribution in [0.2, 0.25) is 0 Å². The first kappa shape index (κ1) is 14.0. The monoisotopic (exact) mass is 263 g/mol. The second-order valence-electron chi connectivity index (χ2n) is 5.97. The van der Waals surface area contributed by atoms with E-state index in [4.69, 9.17) is 5.11 Å². The molecule has 19 heavy (non-hydrogen) atoms. The molecule has 0 aliphatic carbocycles. The maximum Gasteiger partial charge on any atom is 0.307 e. The topological polar surface area (TPSA) is 69.6 Å². The van der Waals surface area contributed by atoms with Crippen molar-refractivity contribution >= 4 is 5.97 Å². The molecule has 0 saturated carbocycles. The van der Waals surface area contributed by atoms with Gasteiger partial charge in [-0.25, -0.2) is 0 Å². The van der Waals surface area contributed by atoms with Crippen molar-refractivity contribution in [3.8, 4) is 0 Å². The van der Waals surface area contributed by atoms with E-state index in [1.54, 1.807) is 13.8 Å². The number of rotatable bonds is 4. The quantitative estimate of drug-likeness (QED) is 0.774. The van der Waals surface area contributed by atoms with Crippen LogP contribution < -0.4 is 5.32 Å². The van der Waals surface area contributed by atoms with Crippen LogP contribution in [-0.2, 0) is 11.2 Å². The first-order valence-electron chi connectivity index (χ1n) is 6.62. The van der Waals surface area contributed by atoms with Crippen molar-refractivity contribution in [2.75, 3.05) is 6.54 Å². The Hall–Kier alpha value is -1.39. The van der Waals surface area contributed by atoms with E-state index in [0.29, 0.717) is 19.4 Å². The standard InChI is InChI=1S/C15H21NO3/c1-15(2,19)8-10-4-3-5-11(6-10)13-7-12(9-16-13)14(17)18/h3-6,12-13,16,19H,7-9H2,1-2H3,(H,17,18). The maximum absolute atomic E-state index is 11.0. The molecule has 2 atom stereocenters. The molecule has 0 amide bonds. The normalized spacial score (nSPS) is 23.5. The van der Waals surface area contributed by atoms with Gasteiger partial charge in [0.25, 0.3) is 0 Å². The van der Waals surface area contributed by atoms with E-state index in [9.17, 15) is 9.90 Å². The minimum Gasteiger partial charge on any atom is -0.481 e. The molecule has 1 heterocycles. The summed E-state index contributed by atoms with van der Waals surface area (Å²) in [4.78, 5) is 11.0. The van der Waals surface area contributed by atoms with Crippen molar-refractivity contribution in [3.05, 3.63) is 35.4 Å². The van der Waals surface area contributed by atoms with Crippen LogP contribution in [0, 0.1) is 5.92 Å². The summed E-state index contributed by atoms with van der Waals surface area (Å²) in [6.07, 6.45) is 1.22. The first-order valence-corrected chi connectivity index (χ1v) is 6.62. The summed E-state index contributed by atoms with van der Waals surface area (Å²) in [6.45, 7) is 4.09. The number of nitrogens with one attached hydrogen (secondary N) is 1. The molecule has 1 aliphatic rings. The second-order valence-corrected chi connectivity index (χ2v) is 5.97. The predicted octanol–water partition coefficient (Wildman–Crippen LogP) is 1.74. The molecule has 104 valence electrons. The number of carboxylic acid groups (broad SMARTS) is 1. The van der Waals surface area contributed by atoms with Crippen LogP contribution >= 0.6 is 0 Å². The van der Waals surface area contributed by atoms with Gasteiger partial charge >= 0.3 is 5.97 Å². The van der Waals surface area contributed by atoms with Gasteiger partial charge in [0, 0.05) is 19.0 Å². The summed E-state index contributed by atoms with van der Waals surface area (Å²) in [7, 11) is 0. The Morgan fingerprint density at radius 3 is 2.79 bits per heavy atom. The molecule has 0 spiro atoms. The van der Waals surface area contributed by atoms with Crippen molar-refractivity contribution in [3.63, 3.8) is 0 Å². The minimum absolute atomic E-state index is 0.0999. The number of aliphatic hydroxyl groups is 1. The Bertz CT molecular complexity index is 465. The van der Waals surface area contributed by atoms with Crippen LogP contribution in [0.15, 0.2) is 24.3 Å². The van der Waals surface area contributed by atoms with E-state index in [0.717, 1.165) is 11.1 Å². The third kappa shape index (κ3) is 3.78. The lowest BCUT2D eigenvalue weighted by Gasteiger charge is -2.18. The fourth-order valence-electron chi connectivity index (χ4n) is 2.60. The third-order valence-corrected chi connectivity index (χ3v) is 3.47. The van der Waals surface area contributed by atoms with Crippen molar-refractivity contribution in [1.29, 1.82) is 0 Å². The molecule has 0 aromatic heterocycles. The molecule has 2 unspecified atom stereocenters. The van der Waals surface area contributed by atoms with Gasteiger partial charge in [-0.05, 0) is 31.4 Å². The molecule has 2 rings (SSSR count). The zero-order chi connectivity index (χ0) is 14.0. The van der Waals surface area contributed by atoms with E-state index in [-0.39, 0.29) is 12.0 Å². The van der Waals surface area contributed by atoms with Gasteiger partial charge in [-0.15, -0.1) is 0 Å². The lowest BCUT2D eigenvalue weighted by Crippen LogP contribution is -2.22. The summed E-state index contributed by atoms with van der Waals surface area (Å²) in [5, 5.41) is 22.1. The van der Waals surface area contributed by atoms with Gasteiger partial charge in [-0.3, -0.25) is 4.79 Å². The number of hydrogen-bond acceptors (Lipinski definition) is 3. The van der Waals surface area contributed by atoms with E-state index in [1.807, 2.05) is 18.2 Å². The van der Waals surface area contributed by atoms with Gasteiger partial charge in [-0.2, -0.15) is 0 Å². The Balaban J connectivity index is 2.09. The molecule has 1 fully saturated rings. The fraction of sp³-hybridized carbons (Fsp3) is 0.533. The maximum atomic E-state index is 11.0. The Morgan fingerprint density at radius 2 is 2.21 bits per heavy atom. The number of hydrogen-bond donors (Lipinski definition) is 3. The summed E-state index contributed by atoms with van der Waals surface area (Å²) in [5.74, 6) is -1.04. The predicted molar refractivity (Wildman–Crippen MR) is 72.9 cm³/mol. The van der Waals surface area contributed by atoms with E-state index >= 15 is 0 Å². The zero-order valence-corrected chi connectivity index (χ0v) is 11.4. The van der Waals surface area contributed by atoms with Gasteiger partial charge in [0.2, 0.25) is 0 Å². The molecule has 3 N–H and O–H groups in total. The van der Waals surface area contributed by atoms with Gasteiger partial charge in [0.1, 0.15) is 0 Å². The first-order chi connectivity index (χ1) is 8.85. The van der Waals surface area contributed by atoms with Gasteiger partial charge in [-0.1, -0.05) is 24.3 Å². The lowest BCUT2D eigenvalue weighted by atomic mass is 9.94. The molecule has 0 bridgehead atoms. The fourth-order valence-corrected chi connectivity index (χ4v) is 2.60. The van der Waals surface area contributed by atoms with Crippen molar-refractivity contribution in [2.24, 2.45) is 5.92 Å². The van der Waals surface area contributed by atoms with Crippen LogP contribution in [0.1, 0.15) is 37.4 Å². The minimum atomic E-state index is -0.734. The van der Waals surface area contributed by atoms with Gasteiger partial charge in [0.15, 0.2) is 0 Å². The highest BCUT2D eigenvalue weighted by Crippen LogP contribution is 2.28. The highest BCUT2D eigenvalue weighted by atomic mass is 16.4. The summed E-state index contributed by atoms with van der Waals surface area (Å²) in [5.41, 5.74) is 1.45. The van der Waals surface area contributed by atoms with Crippen LogP contribution in [0.4, 0.5) is 0 Å². The summed E-state index contributed by atoms with van der Waals surface area (Å²) < 4.78 is 0. The van der Waals surface area contributed by atoms with E-state index in [2.05, 4.69) is 11.4 Å². The van der Waals surface area contributed by atoms with E-state index < -0.39 is 11.6 Å². The van der Waals surface area contributed by atoms with Crippen LogP contribution in [0.5, 0.6) is 0 Å². The number of carbonyl (C=O) groups is 1. The summed E-state index contributed by atoms with van der Waals surface area (Å²) >= 11 is 0. The zero-order valence-electron chi connectivity index (χ0n) is 11.4. The molecule has 1 aromatic carbocycles. The van der Waals surface area contributed by atoms with Gasteiger partial charge < -0.3 is 15.5 Å². The SMILES string of the molecule is CC(C)(O)Cc1cccc(C2CC(C(=O)O)CN2)c1. The summed E-state index contributed by atoms with van der Waals surface area (Å²) in [6, 6.07) is 8.12. The molecule has 4 nitrogen and oxygen atoms in total. The Kier molecular flexibility index (Phi) is 3.92. The van der Waals surface area contributed by atoms with Crippen LogP contribution in [0.25, 0.3) is 0 Å². The highest BCUT2D eigenvalue weighted by Gasteiger charge is 2.30. The average Bonchev–Trinajstić information content (AvgIpc) is 2.76. The number of benzene rings is 1. The smallest absolute Gasteiger partial charge is 0.307 e. The largest absolute Gasteiger partial charge is 0.481 e. The van der Waals surface area contributed by atoms with Crippen LogP contribution in [0.3, 0.4) is 0 Å². The molecule has 1 aromatic rings. The van der Waals surface area contributed by atoms with E-state index in [1.165, 1.54) is 0 Å². The lowest BCUT2D eigenvalue weighted by molar-refractivity contribution is -0.141. The molecule has 1 aliphatic heterocycles. The van der Waals surface area contributed by atoms with Crippen LogP contribution in [-0.4, -0.2) is 28.3 Å². The Labute approximate surface area is 113 Å². The Morgan fingerprint density at radius 1 is 1.47 bits per heavy atom. The van der Waals surface area contributed by atoms with Crippen molar-refractivity contribution in [1.82, 2.24) is 5.32 Å². The molecular weight excluding hydrogens is 242 g/mol. The number of aliphatic carboxylic acids is 1. The third-order valence-electron chi connectivity index (χ3n) is 3.47. The molecule has 4 heteroatoms. The molecular formula is C15H21NO3. The van der Waals surface area contributed by atoms with Gasteiger partial charge in [0.05, 0.1) is 11.5 Å². The molecule has 0 radical (unpaired) electrons. The highest BCUT2D eigenvalue weighted by molar-refractivity contribution is 5.70. The van der Waals surface area contributed by atoms with Crippen molar-refractivity contribution in [2.45, 2.75) is 38.3 Å². The molecule has 1 saturated heterocycles. The van der Waals surface area contributed by atoms with Crippen molar-refractivity contribution < 1.29 is 15.0 Å².